The fraction of sp³-hybridized carbons (Fsp3) is 0.542. The van der Waals surface area contributed by atoms with E-state index in [0.717, 1.165) is 5.56 Å². The predicted octanol–water partition coefficient (Wildman–Crippen LogP) is -0.0274. The lowest BCUT2D eigenvalue weighted by molar-refractivity contribution is -0.148. The van der Waals surface area contributed by atoms with Gasteiger partial charge in [0.25, 0.3) is 0 Å². The first-order valence-electron chi connectivity index (χ1n) is 11.8. The standard InChI is InChI=1S/C24H32N4O7/c25-16(10-11-20(29)30)22(32)28-13-5-9-19(28)23(33)27-12-4-8-18(27)21(31)26-17(24(34)35)14-15-6-2-1-3-7-15/h1-3,6-7,16-19H,4-5,8-14,25H2,(H,26,31)(H,29,30)(H,34,35). The minimum absolute atomic E-state index is 0.0295. The Labute approximate surface area is 203 Å². The summed E-state index contributed by atoms with van der Waals surface area (Å²) in [4.78, 5) is 64.6. The van der Waals surface area contributed by atoms with Crippen LogP contribution in [0.2, 0.25) is 0 Å². The van der Waals surface area contributed by atoms with Crippen molar-refractivity contribution in [1.82, 2.24) is 15.1 Å². The molecule has 4 atom stereocenters. The topological polar surface area (TPSA) is 170 Å². The third kappa shape index (κ3) is 6.56. The predicted molar refractivity (Wildman–Crippen MR) is 124 cm³/mol. The van der Waals surface area contributed by atoms with E-state index in [9.17, 15) is 29.1 Å². The minimum Gasteiger partial charge on any atom is -0.481 e. The molecule has 35 heavy (non-hydrogen) atoms. The van der Waals surface area contributed by atoms with Crippen molar-refractivity contribution >= 4 is 29.7 Å². The van der Waals surface area contributed by atoms with Gasteiger partial charge in [-0.05, 0) is 37.7 Å². The zero-order valence-corrected chi connectivity index (χ0v) is 19.5. The van der Waals surface area contributed by atoms with Crippen LogP contribution in [0.25, 0.3) is 0 Å². The van der Waals surface area contributed by atoms with Crippen LogP contribution >= 0.6 is 0 Å². The molecular formula is C24H32N4O7. The lowest BCUT2D eigenvalue weighted by Gasteiger charge is -2.32. The third-order valence-corrected chi connectivity index (χ3v) is 6.54. The van der Waals surface area contributed by atoms with Crippen LogP contribution in [0.1, 0.15) is 44.1 Å². The van der Waals surface area contributed by atoms with Gasteiger partial charge in [0.05, 0.1) is 6.04 Å². The molecule has 3 amide bonds. The summed E-state index contributed by atoms with van der Waals surface area (Å²) in [6, 6.07) is 5.19. The van der Waals surface area contributed by atoms with E-state index in [1.165, 1.54) is 9.80 Å². The number of hydrogen-bond donors (Lipinski definition) is 4. The first-order valence-corrected chi connectivity index (χ1v) is 11.8. The number of likely N-dealkylation sites (tertiary alicyclic amines) is 2. The van der Waals surface area contributed by atoms with Crippen molar-refractivity contribution < 1.29 is 34.2 Å². The van der Waals surface area contributed by atoms with Gasteiger partial charge in [-0.3, -0.25) is 19.2 Å². The van der Waals surface area contributed by atoms with Crippen molar-refractivity contribution in [1.29, 1.82) is 0 Å². The van der Waals surface area contributed by atoms with Gasteiger partial charge in [0.15, 0.2) is 0 Å². The molecule has 3 rings (SSSR count). The first kappa shape index (κ1) is 26.1. The number of carboxylic acids is 2. The van der Waals surface area contributed by atoms with Crippen LogP contribution < -0.4 is 11.1 Å². The Bertz CT molecular complexity index is 954. The molecule has 0 aromatic heterocycles. The molecule has 1 aromatic carbocycles. The molecule has 0 aliphatic carbocycles. The molecule has 1 aromatic rings. The van der Waals surface area contributed by atoms with Crippen molar-refractivity contribution in [3.05, 3.63) is 35.9 Å². The molecule has 0 saturated carbocycles. The van der Waals surface area contributed by atoms with Crippen molar-refractivity contribution in [2.24, 2.45) is 5.73 Å². The number of rotatable bonds is 10. The Balaban J connectivity index is 1.65. The van der Waals surface area contributed by atoms with E-state index in [0.29, 0.717) is 38.8 Å². The number of benzene rings is 1. The molecule has 2 heterocycles. The van der Waals surface area contributed by atoms with Gasteiger partial charge in [-0.2, -0.15) is 0 Å². The van der Waals surface area contributed by atoms with Gasteiger partial charge in [0, 0.05) is 25.9 Å². The number of carbonyl (C=O) groups is 5. The van der Waals surface area contributed by atoms with Crippen LogP contribution in [-0.2, 0) is 30.4 Å². The third-order valence-electron chi connectivity index (χ3n) is 6.54. The smallest absolute Gasteiger partial charge is 0.326 e. The Kier molecular flexibility index (Phi) is 8.80. The quantitative estimate of drug-likeness (QED) is 0.356. The van der Waals surface area contributed by atoms with Crippen LogP contribution in [0.3, 0.4) is 0 Å². The summed E-state index contributed by atoms with van der Waals surface area (Å²) in [5.41, 5.74) is 6.65. The summed E-state index contributed by atoms with van der Waals surface area (Å²) in [6.45, 7) is 0.663. The van der Waals surface area contributed by atoms with Crippen molar-refractivity contribution in [3.63, 3.8) is 0 Å². The molecule has 0 bridgehead atoms. The molecular weight excluding hydrogens is 456 g/mol. The number of aliphatic carboxylic acids is 2. The molecule has 0 spiro atoms. The van der Waals surface area contributed by atoms with Crippen molar-refractivity contribution in [2.45, 2.75) is 69.1 Å². The van der Waals surface area contributed by atoms with Crippen LogP contribution in [0.5, 0.6) is 0 Å². The average molecular weight is 489 g/mol. The highest BCUT2D eigenvalue weighted by Gasteiger charge is 2.43. The van der Waals surface area contributed by atoms with E-state index in [-0.39, 0.29) is 25.2 Å². The highest BCUT2D eigenvalue weighted by molar-refractivity contribution is 5.95. The fourth-order valence-electron chi connectivity index (χ4n) is 4.71. The van der Waals surface area contributed by atoms with Gasteiger partial charge in [0.1, 0.15) is 18.1 Å². The van der Waals surface area contributed by atoms with E-state index in [1.807, 2.05) is 6.07 Å². The number of hydrogen-bond acceptors (Lipinski definition) is 6. The first-order chi connectivity index (χ1) is 16.7. The number of nitrogens with two attached hydrogens (primary N) is 1. The van der Waals surface area contributed by atoms with Gasteiger partial charge >= 0.3 is 11.9 Å². The number of amides is 3. The summed E-state index contributed by atoms with van der Waals surface area (Å²) < 4.78 is 0. The van der Waals surface area contributed by atoms with E-state index in [4.69, 9.17) is 10.8 Å². The lowest BCUT2D eigenvalue weighted by Crippen LogP contribution is -2.56. The molecule has 190 valence electrons. The van der Waals surface area contributed by atoms with Gasteiger partial charge < -0.3 is 31.1 Å². The van der Waals surface area contributed by atoms with E-state index in [2.05, 4.69) is 5.32 Å². The number of carbonyl (C=O) groups excluding carboxylic acids is 3. The second-order valence-electron chi connectivity index (χ2n) is 9.01. The normalized spacial score (nSPS) is 21.4. The van der Waals surface area contributed by atoms with Gasteiger partial charge in [-0.25, -0.2) is 4.79 Å². The number of nitrogens with one attached hydrogen (secondary N) is 1. The maximum Gasteiger partial charge on any atom is 0.326 e. The second-order valence-corrected chi connectivity index (χ2v) is 9.01. The van der Waals surface area contributed by atoms with E-state index >= 15 is 0 Å². The zero-order chi connectivity index (χ0) is 25.5. The summed E-state index contributed by atoms with van der Waals surface area (Å²) in [5.74, 6) is -3.60. The monoisotopic (exact) mass is 488 g/mol. The highest BCUT2D eigenvalue weighted by atomic mass is 16.4. The van der Waals surface area contributed by atoms with Gasteiger partial charge in [0.2, 0.25) is 17.7 Å². The van der Waals surface area contributed by atoms with E-state index < -0.39 is 47.9 Å². The molecule has 2 saturated heterocycles. The summed E-state index contributed by atoms with van der Waals surface area (Å²) in [7, 11) is 0. The Morgan fingerprint density at radius 2 is 1.60 bits per heavy atom. The molecule has 2 aliphatic heterocycles. The van der Waals surface area contributed by atoms with Crippen LogP contribution in [0.15, 0.2) is 30.3 Å². The zero-order valence-electron chi connectivity index (χ0n) is 19.5. The molecule has 2 aliphatic rings. The Morgan fingerprint density at radius 3 is 2.23 bits per heavy atom. The summed E-state index contributed by atoms with van der Waals surface area (Å²) >= 11 is 0. The largest absolute Gasteiger partial charge is 0.481 e. The van der Waals surface area contributed by atoms with Gasteiger partial charge in [-0.1, -0.05) is 30.3 Å². The average Bonchev–Trinajstić information content (AvgIpc) is 3.52. The SMILES string of the molecule is NC(CCC(=O)O)C(=O)N1CCCC1C(=O)N1CCCC1C(=O)NC(Cc1ccccc1)C(=O)O. The molecule has 11 nitrogen and oxygen atoms in total. The summed E-state index contributed by atoms with van der Waals surface area (Å²) in [6.07, 6.45) is 1.83. The van der Waals surface area contributed by atoms with Crippen LogP contribution in [0.4, 0.5) is 0 Å². The van der Waals surface area contributed by atoms with Crippen molar-refractivity contribution in [3.8, 4) is 0 Å². The second kappa shape index (κ2) is 11.8. The highest BCUT2D eigenvalue weighted by Crippen LogP contribution is 2.26. The Hall–Kier alpha value is -3.47. The molecule has 11 heteroatoms. The number of nitrogens with zero attached hydrogens (tertiary/aromatic N) is 2. The molecule has 5 N–H and O–H groups in total. The molecule has 4 unspecified atom stereocenters. The van der Waals surface area contributed by atoms with E-state index in [1.54, 1.807) is 24.3 Å². The maximum absolute atomic E-state index is 13.4. The van der Waals surface area contributed by atoms with Crippen molar-refractivity contribution in [2.75, 3.05) is 13.1 Å². The van der Waals surface area contributed by atoms with Crippen LogP contribution in [-0.4, -0.2) is 86.9 Å². The summed E-state index contributed by atoms with van der Waals surface area (Å²) in [5, 5.41) is 21.0. The fourth-order valence-corrected chi connectivity index (χ4v) is 4.71. The molecule has 2 fully saturated rings. The maximum atomic E-state index is 13.4. The minimum atomic E-state index is -1.17. The Morgan fingerprint density at radius 1 is 0.971 bits per heavy atom. The number of carboxylic acid groups (broad SMARTS) is 2. The van der Waals surface area contributed by atoms with Gasteiger partial charge in [-0.15, -0.1) is 0 Å². The van der Waals surface area contributed by atoms with Crippen LogP contribution in [0, 0.1) is 0 Å². The lowest BCUT2D eigenvalue weighted by atomic mass is 10.0. The molecule has 0 radical (unpaired) electrons.